The maximum atomic E-state index is 13.8. The molecule has 8 heteroatoms. The standard InChI is InChI=1S/C25H26F2N2O3S/c1-17(2)7-5-4-6-8-21-22(18-9-12-20(13-10-18)33(3,31)32)16-28-29(25(21)30)19-11-14-23(26)24(27)15-19/h4-5,9-17H,6-8H2,1-3H3. The van der Waals surface area contributed by atoms with Gasteiger partial charge in [0.05, 0.1) is 16.8 Å². The summed E-state index contributed by atoms with van der Waals surface area (Å²) in [5.41, 5.74) is 1.34. The molecule has 0 spiro atoms. The molecule has 3 aromatic rings. The van der Waals surface area contributed by atoms with Crippen molar-refractivity contribution >= 4 is 9.84 Å². The highest BCUT2D eigenvalue weighted by molar-refractivity contribution is 7.90. The Labute approximate surface area is 192 Å². The summed E-state index contributed by atoms with van der Waals surface area (Å²) in [7, 11) is -3.35. The number of hydrogen-bond acceptors (Lipinski definition) is 4. The molecular formula is C25H26F2N2O3S. The molecule has 0 amide bonds. The van der Waals surface area contributed by atoms with Gasteiger partial charge in [-0.25, -0.2) is 17.2 Å². The van der Waals surface area contributed by atoms with Crippen LogP contribution in [0.2, 0.25) is 0 Å². The Hall–Kier alpha value is -3.13. The van der Waals surface area contributed by atoms with Crippen LogP contribution < -0.4 is 5.56 Å². The van der Waals surface area contributed by atoms with Gasteiger partial charge in [0.1, 0.15) is 0 Å². The minimum atomic E-state index is -3.35. The molecule has 0 aliphatic carbocycles. The Balaban J connectivity index is 2.06. The first-order valence-corrected chi connectivity index (χ1v) is 12.5. The fourth-order valence-corrected chi connectivity index (χ4v) is 4.01. The molecule has 0 aliphatic rings. The first kappa shape index (κ1) is 24.5. The fourth-order valence-electron chi connectivity index (χ4n) is 3.38. The smallest absolute Gasteiger partial charge is 0.267 e. The number of benzene rings is 2. The molecule has 0 N–H and O–H groups in total. The van der Waals surface area contributed by atoms with Crippen molar-refractivity contribution in [2.75, 3.05) is 6.26 Å². The van der Waals surface area contributed by atoms with E-state index >= 15 is 0 Å². The van der Waals surface area contributed by atoms with Crippen LogP contribution in [0.3, 0.4) is 0 Å². The number of rotatable bonds is 8. The molecule has 1 heterocycles. The maximum absolute atomic E-state index is 13.8. The molecule has 174 valence electrons. The highest BCUT2D eigenvalue weighted by Gasteiger charge is 2.16. The van der Waals surface area contributed by atoms with E-state index in [2.05, 4.69) is 25.0 Å². The van der Waals surface area contributed by atoms with Crippen LogP contribution in [0.1, 0.15) is 32.3 Å². The van der Waals surface area contributed by atoms with Gasteiger partial charge >= 0.3 is 0 Å². The summed E-state index contributed by atoms with van der Waals surface area (Å²) in [6.07, 6.45) is 8.64. The Morgan fingerprint density at radius 1 is 1.03 bits per heavy atom. The monoisotopic (exact) mass is 472 g/mol. The average Bonchev–Trinajstić information content (AvgIpc) is 2.75. The molecule has 0 saturated heterocycles. The SMILES string of the molecule is CC(C)CC=CCCc1c(-c2ccc(S(C)(=O)=O)cc2)cnn(-c2ccc(F)c(F)c2)c1=O. The summed E-state index contributed by atoms with van der Waals surface area (Å²) in [5.74, 6) is -1.55. The van der Waals surface area contributed by atoms with E-state index in [9.17, 15) is 22.0 Å². The van der Waals surface area contributed by atoms with Gasteiger partial charge in [0, 0.05) is 23.4 Å². The van der Waals surface area contributed by atoms with Crippen LogP contribution in [0, 0.1) is 17.6 Å². The molecular weight excluding hydrogens is 446 g/mol. The van der Waals surface area contributed by atoms with E-state index in [1.165, 1.54) is 24.4 Å². The third-order valence-corrected chi connectivity index (χ3v) is 6.28. The largest absolute Gasteiger partial charge is 0.275 e. The second-order valence-corrected chi connectivity index (χ2v) is 10.3. The Bertz CT molecular complexity index is 1330. The Morgan fingerprint density at radius 2 is 1.73 bits per heavy atom. The highest BCUT2D eigenvalue weighted by atomic mass is 32.2. The van der Waals surface area contributed by atoms with Crippen molar-refractivity contribution in [1.29, 1.82) is 0 Å². The van der Waals surface area contributed by atoms with E-state index < -0.39 is 27.0 Å². The van der Waals surface area contributed by atoms with Gasteiger partial charge in [-0.3, -0.25) is 4.79 Å². The molecule has 5 nitrogen and oxygen atoms in total. The lowest BCUT2D eigenvalue weighted by Crippen LogP contribution is -2.25. The lowest BCUT2D eigenvalue weighted by atomic mass is 9.99. The van der Waals surface area contributed by atoms with Crippen LogP contribution in [0.15, 0.2) is 70.5 Å². The van der Waals surface area contributed by atoms with Crippen LogP contribution in [0.25, 0.3) is 16.8 Å². The summed E-state index contributed by atoms with van der Waals surface area (Å²) in [4.78, 5) is 13.5. The van der Waals surface area contributed by atoms with E-state index in [-0.39, 0.29) is 10.6 Å². The number of halogens is 2. The summed E-state index contributed by atoms with van der Waals surface area (Å²) in [5, 5.41) is 4.17. The van der Waals surface area contributed by atoms with Crippen LogP contribution in [-0.2, 0) is 16.3 Å². The van der Waals surface area contributed by atoms with E-state index in [4.69, 9.17) is 0 Å². The van der Waals surface area contributed by atoms with Gasteiger partial charge in [-0.2, -0.15) is 9.78 Å². The summed E-state index contributed by atoms with van der Waals surface area (Å²) >= 11 is 0. The Morgan fingerprint density at radius 3 is 2.33 bits per heavy atom. The lowest BCUT2D eigenvalue weighted by Gasteiger charge is -2.13. The molecule has 0 unspecified atom stereocenters. The second-order valence-electron chi connectivity index (χ2n) is 8.29. The molecule has 0 aliphatic heterocycles. The number of aromatic nitrogens is 2. The molecule has 0 radical (unpaired) electrons. The average molecular weight is 473 g/mol. The molecule has 0 bridgehead atoms. The number of sulfone groups is 1. The third-order valence-electron chi connectivity index (χ3n) is 5.15. The first-order valence-electron chi connectivity index (χ1n) is 10.6. The molecule has 3 rings (SSSR count). The molecule has 33 heavy (non-hydrogen) atoms. The lowest BCUT2D eigenvalue weighted by molar-refractivity contribution is 0.507. The van der Waals surface area contributed by atoms with Gasteiger partial charge in [-0.15, -0.1) is 0 Å². The van der Waals surface area contributed by atoms with Crippen molar-refractivity contribution in [1.82, 2.24) is 9.78 Å². The fraction of sp³-hybridized carbons (Fsp3) is 0.280. The van der Waals surface area contributed by atoms with Gasteiger partial charge < -0.3 is 0 Å². The zero-order valence-corrected chi connectivity index (χ0v) is 19.6. The number of nitrogens with zero attached hydrogens (tertiary/aromatic N) is 2. The van der Waals surface area contributed by atoms with Crippen molar-refractivity contribution in [3.8, 4) is 16.8 Å². The first-order chi connectivity index (χ1) is 15.6. The minimum Gasteiger partial charge on any atom is -0.267 e. The quantitative estimate of drug-likeness (QED) is 0.427. The number of hydrogen-bond donors (Lipinski definition) is 0. The van der Waals surface area contributed by atoms with Gasteiger partial charge in [0.2, 0.25) is 0 Å². The van der Waals surface area contributed by atoms with E-state index in [1.54, 1.807) is 12.1 Å². The number of allylic oxidation sites excluding steroid dienone is 2. The topological polar surface area (TPSA) is 69.0 Å². The van der Waals surface area contributed by atoms with Gasteiger partial charge in [-0.1, -0.05) is 38.1 Å². The van der Waals surface area contributed by atoms with Crippen molar-refractivity contribution in [3.63, 3.8) is 0 Å². The van der Waals surface area contributed by atoms with E-state index in [1.807, 2.05) is 6.08 Å². The Kier molecular flexibility index (Phi) is 7.58. The van der Waals surface area contributed by atoms with Crippen LogP contribution in [0.5, 0.6) is 0 Å². The van der Waals surface area contributed by atoms with Crippen molar-refractivity contribution in [2.24, 2.45) is 5.92 Å². The predicted octanol–water partition coefficient (Wildman–Crippen LogP) is 5.12. The van der Waals surface area contributed by atoms with Gasteiger partial charge in [0.25, 0.3) is 5.56 Å². The van der Waals surface area contributed by atoms with E-state index in [0.29, 0.717) is 35.4 Å². The van der Waals surface area contributed by atoms with E-state index in [0.717, 1.165) is 29.5 Å². The molecule has 0 atom stereocenters. The maximum Gasteiger partial charge on any atom is 0.275 e. The van der Waals surface area contributed by atoms with Crippen molar-refractivity contribution < 1.29 is 17.2 Å². The molecule has 0 saturated carbocycles. The van der Waals surface area contributed by atoms with Crippen LogP contribution in [-0.4, -0.2) is 24.5 Å². The molecule has 1 aromatic heterocycles. The van der Waals surface area contributed by atoms with Crippen molar-refractivity contribution in [3.05, 3.63) is 88.4 Å². The van der Waals surface area contributed by atoms with Gasteiger partial charge in [0.15, 0.2) is 21.5 Å². The van der Waals surface area contributed by atoms with Crippen molar-refractivity contribution in [2.45, 2.75) is 38.0 Å². The zero-order valence-electron chi connectivity index (χ0n) is 18.8. The normalized spacial score (nSPS) is 12.1. The predicted molar refractivity (Wildman–Crippen MR) is 125 cm³/mol. The third kappa shape index (κ3) is 6.01. The molecule has 2 aromatic carbocycles. The zero-order chi connectivity index (χ0) is 24.2. The summed E-state index contributed by atoms with van der Waals surface area (Å²) < 4.78 is 51.7. The van der Waals surface area contributed by atoms with Crippen LogP contribution in [0.4, 0.5) is 8.78 Å². The van der Waals surface area contributed by atoms with Crippen LogP contribution >= 0.6 is 0 Å². The summed E-state index contributed by atoms with van der Waals surface area (Å²) in [6, 6.07) is 9.40. The van der Waals surface area contributed by atoms with Gasteiger partial charge in [-0.05, 0) is 55.0 Å². The second kappa shape index (κ2) is 10.2. The highest BCUT2D eigenvalue weighted by Crippen LogP contribution is 2.24. The summed E-state index contributed by atoms with van der Waals surface area (Å²) in [6.45, 7) is 4.23. The minimum absolute atomic E-state index is 0.120. The molecule has 0 fully saturated rings.